The number of azide groups is 1. The lowest BCUT2D eigenvalue weighted by Gasteiger charge is -2.25. The maximum atomic E-state index is 13.7. The molecule has 34 heavy (non-hydrogen) atoms. The Morgan fingerprint density at radius 2 is 1.65 bits per heavy atom. The van der Waals surface area contributed by atoms with Crippen molar-refractivity contribution in [1.82, 2.24) is 5.32 Å². The lowest BCUT2D eigenvalue weighted by Crippen LogP contribution is -2.39. The molecular weight excluding hydrogens is 444 g/mol. The van der Waals surface area contributed by atoms with Crippen molar-refractivity contribution in [2.75, 3.05) is 6.61 Å². The number of hydrogen-bond donors (Lipinski definition) is 1. The molecular formula is C24H21BF3N4O2-. The number of hydrogen-bond acceptors (Lipinski definition) is 3. The molecule has 10 heteroatoms. The number of carbonyl (C=O) groups excluding carboxylic acids is 1. The number of fused-ring (bicyclic) bond motifs is 3. The van der Waals surface area contributed by atoms with E-state index in [0.717, 1.165) is 22.3 Å². The number of nitrogens with one attached hydrogen (secondary N) is 1. The van der Waals surface area contributed by atoms with Crippen LogP contribution in [0.15, 0.2) is 59.7 Å². The Kier molecular flexibility index (Phi) is 6.26. The van der Waals surface area contributed by atoms with Crippen molar-refractivity contribution in [2.24, 2.45) is 5.11 Å². The molecule has 1 aliphatic rings. The molecule has 0 atom stereocenters. The summed E-state index contributed by atoms with van der Waals surface area (Å²) in [5, 5.41) is 5.91. The fraction of sp³-hybridized carbons (Fsp3) is 0.208. The lowest BCUT2D eigenvalue weighted by molar-refractivity contribution is 0.142. The van der Waals surface area contributed by atoms with Crippen LogP contribution in [0.1, 0.15) is 33.7 Å². The van der Waals surface area contributed by atoms with Crippen LogP contribution in [0, 0.1) is 13.8 Å². The van der Waals surface area contributed by atoms with E-state index in [9.17, 15) is 17.7 Å². The van der Waals surface area contributed by atoms with Crippen LogP contribution in [-0.2, 0) is 11.3 Å². The number of nitrogens with zero attached hydrogens (tertiary/aromatic N) is 3. The molecule has 0 radical (unpaired) electrons. The van der Waals surface area contributed by atoms with Gasteiger partial charge in [0, 0.05) is 23.1 Å². The van der Waals surface area contributed by atoms with Gasteiger partial charge in [-0.3, -0.25) is 0 Å². The summed E-state index contributed by atoms with van der Waals surface area (Å²) < 4.78 is 46.4. The minimum absolute atomic E-state index is 0.0131. The SMILES string of the molecule is Cc1c(CNC(=O)OCC2c3ccccc3-c3ccccc32)cc(N=[N+]=[N-])c(C)c1[B-](F)(F)F. The summed E-state index contributed by atoms with van der Waals surface area (Å²) >= 11 is 0. The summed E-state index contributed by atoms with van der Waals surface area (Å²) in [6, 6.07) is 17.2. The van der Waals surface area contributed by atoms with Gasteiger partial charge in [0.05, 0.1) is 0 Å². The zero-order chi connectivity index (χ0) is 24.5. The molecule has 3 aromatic carbocycles. The smallest absolute Gasteiger partial charge is 0.449 e. The molecule has 0 saturated carbocycles. The van der Waals surface area contributed by atoms with E-state index in [-0.39, 0.29) is 41.4 Å². The first-order valence-electron chi connectivity index (χ1n) is 10.7. The standard InChI is InChI=1S/C24H21BF3N4O2/c1-14-16(11-22(31-32-29)15(2)23(14)25(26,27)28)12-30-24(33)34-13-21-19-9-5-3-7-17(19)18-8-4-6-10-20(18)21/h3-11,21H,12-13H2,1-2H3,(H,30,33)/q-1. The minimum Gasteiger partial charge on any atom is -0.449 e. The number of halogens is 3. The van der Waals surface area contributed by atoms with Crippen molar-refractivity contribution in [2.45, 2.75) is 26.3 Å². The van der Waals surface area contributed by atoms with Gasteiger partial charge in [0.25, 0.3) is 0 Å². The Labute approximate surface area is 194 Å². The van der Waals surface area contributed by atoms with Gasteiger partial charge in [-0.1, -0.05) is 64.8 Å². The minimum atomic E-state index is -5.34. The molecule has 0 aromatic heterocycles. The van der Waals surface area contributed by atoms with E-state index in [1.54, 1.807) is 0 Å². The molecule has 174 valence electrons. The van der Waals surface area contributed by atoms with Crippen molar-refractivity contribution >= 4 is 24.2 Å². The third kappa shape index (κ3) is 4.32. The quantitative estimate of drug-likeness (QED) is 0.199. The van der Waals surface area contributed by atoms with Crippen LogP contribution in [-0.4, -0.2) is 19.7 Å². The second kappa shape index (κ2) is 9.15. The number of carbonyl (C=O) groups is 1. The molecule has 0 unspecified atom stereocenters. The van der Waals surface area contributed by atoms with E-state index in [2.05, 4.69) is 15.3 Å². The maximum absolute atomic E-state index is 13.7. The van der Waals surface area contributed by atoms with Gasteiger partial charge in [-0.15, -0.1) is 5.46 Å². The van der Waals surface area contributed by atoms with Crippen molar-refractivity contribution in [3.05, 3.63) is 92.9 Å². The molecule has 0 bridgehead atoms. The third-order valence-electron chi connectivity index (χ3n) is 6.23. The summed E-state index contributed by atoms with van der Waals surface area (Å²) in [6.07, 6.45) is -0.744. The first kappa shape index (κ1) is 23.3. The van der Waals surface area contributed by atoms with Gasteiger partial charge in [0.1, 0.15) is 6.61 Å². The van der Waals surface area contributed by atoms with E-state index < -0.39 is 18.5 Å². The average Bonchev–Trinajstić information content (AvgIpc) is 3.12. The maximum Gasteiger partial charge on any atom is 0.510 e. The van der Waals surface area contributed by atoms with Crippen molar-refractivity contribution in [3.63, 3.8) is 0 Å². The van der Waals surface area contributed by atoms with E-state index in [4.69, 9.17) is 10.3 Å². The predicted octanol–water partition coefficient (Wildman–Crippen LogP) is 6.34. The third-order valence-corrected chi connectivity index (χ3v) is 6.23. The van der Waals surface area contributed by atoms with E-state index >= 15 is 0 Å². The predicted molar refractivity (Wildman–Crippen MR) is 125 cm³/mol. The van der Waals surface area contributed by atoms with Crippen LogP contribution in [0.3, 0.4) is 0 Å². The average molecular weight is 465 g/mol. The number of benzene rings is 3. The molecule has 1 amide bonds. The normalized spacial score (nSPS) is 12.5. The summed E-state index contributed by atoms with van der Waals surface area (Å²) in [5.74, 6) is -0.129. The van der Waals surface area contributed by atoms with Crippen LogP contribution in [0.2, 0.25) is 0 Å². The van der Waals surface area contributed by atoms with Crippen molar-refractivity contribution < 1.29 is 22.5 Å². The van der Waals surface area contributed by atoms with Gasteiger partial charge in [0.15, 0.2) is 0 Å². The second-order valence-corrected chi connectivity index (χ2v) is 8.16. The zero-order valence-electron chi connectivity index (χ0n) is 18.6. The highest BCUT2D eigenvalue weighted by Gasteiger charge is 2.31. The highest BCUT2D eigenvalue weighted by Crippen LogP contribution is 2.44. The molecule has 0 saturated heterocycles. The van der Waals surface area contributed by atoms with Crippen LogP contribution in [0.25, 0.3) is 21.6 Å². The van der Waals surface area contributed by atoms with E-state index in [1.807, 2.05) is 48.5 Å². The fourth-order valence-corrected chi connectivity index (χ4v) is 4.62. The summed E-state index contributed by atoms with van der Waals surface area (Å²) in [6.45, 7) is -2.84. The monoisotopic (exact) mass is 465 g/mol. The lowest BCUT2D eigenvalue weighted by atomic mass is 9.72. The first-order chi connectivity index (χ1) is 16.2. The highest BCUT2D eigenvalue weighted by atomic mass is 19.4. The number of amides is 1. The summed E-state index contributed by atoms with van der Waals surface area (Å²) in [7, 11) is 0. The van der Waals surface area contributed by atoms with Gasteiger partial charge in [0.2, 0.25) is 0 Å². The van der Waals surface area contributed by atoms with Crippen LogP contribution < -0.4 is 10.8 Å². The summed E-state index contributed by atoms with van der Waals surface area (Å²) in [4.78, 5) is 15.1. The molecule has 0 aliphatic heterocycles. The Morgan fingerprint density at radius 3 is 2.21 bits per heavy atom. The fourth-order valence-electron chi connectivity index (χ4n) is 4.62. The Bertz CT molecular complexity index is 1270. The Morgan fingerprint density at radius 1 is 1.06 bits per heavy atom. The van der Waals surface area contributed by atoms with Gasteiger partial charge in [-0.05, 0) is 53.3 Å². The molecule has 1 aliphatic carbocycles. The molecule has 0 heterocycles. The first-order valence-corrected chi connectivity index (χ1v) is 10.7. The van der Waals surface area contributed by atoms with E-state index in [1.165, 1.54) is 19.9 Å². The van der Waals surface area contributed by atoms with Crippen LogP contribution in [0.5, 0.6) is 0 Å². The van der Waals surface area contributed by atoms with E-state index in [0.29, 0.717) is 0 Å². The van der Waals surface area contributed by atoms with Gasteiger partial charge >= 0.3 is 13.1 Å². The van der Waals surface area contributed by atoms with Gasteiger partial charge in [-0.25, -0.2) is 4.79 Å². The number of alkyl carbamates (subject to hydrolysis) is 1. The van der Waals surface area contributed by atoms with Crippen LogP contribution in [0.4, 0.5) is 23.4 Å². The second-order valence-electron chi connectivity index (χ2n) is 8.16. The molecule has 3 aromatic rings. The molecule has 0 fully saturated rings. The van der Waals surface area contributed by atoms with Crippen molar-refractivity contribution in [3.8, 4) is 11.1 Å². The van der Waals surface area contributed by atoms with Crippen molar-refractivity contribution in [1.29, 1.82) is 0 Å². The summed E-state index contributed by atoms with van der Waals surface area (Å²) in [5.41, 5.74) is 12.2. The zero-order valence-corrected chi connectivity index (χ0v) is 18.6. The number of rotatable bonds is 6. The van der Waals surface area contributed by atoms with Crippen LogP contribution >= 0.6 is 0 Å². The molecule has 1 N–H and O–H groups in total. The Hall–Kier alpha value is -3.91. The molecule has 4 rings (SSSR count). The Balaban J connectivity index is 1.49. The highest BCUT2D eigenvalue weighted by molar-refractivity contribution is 6.74. The molecule has 0 spiro atoms. The number of ether oxygens (including phenoxy) is 1. The van der Waals surface area contributed by atoms with Gasteiger partial charge in [-0.2, -0.15) is 0 Å². The molecule has 6 nitrogen and oxygen atoms in total. The largest absolute Gasteiger partial charge is 0.510 e. The van der Waals surface area contributed by atoms with Gasteiger partial charge < -0.3 is 23.0 Å². The topological polar surface area (TPSA) is 87.1 Å².